The van der Waals surface area contributed by atoms with Gasteiger partial charge in [0.2, 0.25) is 5.91 Å². The molecule has 96 valence electrons. The first-order chi connectivity index (χ1) is 8.68. The summed E-state index contributed by atoms with van der Waals surface area (Å²) < 4.78 is 0. The minimum absolute atomic E-state index is 0.0493. The Hall–Kier alpha value is -1.17. The largest absolute Gasteiger partial charge is 0.387 e. The number of thiophene rings is 2. The van der Waals surface area contributed by atoms with Crippen LogP contribution in [0.4, 0.5) is 0 Å². The standard InChI is InChI=1S/C13H15NO2S2/c1-9(12-3-2-5-18-12)13(16)14-7-11(15)10-4-6-17-8-10/h2-6,8-9,11,15H,7H2,1H3,(H,14,16). The quantitative estimate of drug-likeness (QED) is 0.885. The zero-order chi connectivity index (χ0) is 13.0. The van der Waals surface area contributed by atoms with Crippen LogP contribution in [0.2, 0.25) is 0 Å². The summed E-state index contributed by atoms with van der Waals surface area (Å²) >= 11 is 3.11. The van der Waals surface area contributed by atoms with Crippen LogP contribution in [0.15, 0.2) is 34.3 Å². The summed E-state index contributed by atoms with van der Waals surface area (Å²) in [6.45, 7) is 2.13. The first-order valence-corrected chi connectivity index (χ1v) is 7.52. The topological polar surface area (TPSA) is 49.3 Å². The lowest BCUT2D eigenvalue weighted by Gasteiger charge is -2.13. The first kappa shape index (κ1) is 13.3. The van der Waals surface area contributed by atoms with E-state index in [0.29, 0.717) is 0 Å². The van der Waals surface area contributed by atoms with Gasteiger partial charge < -0.3 is 10.4 Å². The minimum Gasteiger partial charge on any atom is -0.387 e. The summed E-state index contributed by atoms with van der Waals surface area (Å²) in [7, 11) is 0. The van der Waals surface area contributed by atoms with Gasteiger partial charge in [-0.05, 0) is 40.8 Å². The van der Waals surface area contributed by atoms with E-state index in [0.717, 1.165) is 10.4 Å². The molecule has 2 aromatic rings. The number of amides is 1. The fraction of sp³-hybridized carbons (Fsp3) is 0.308. The molecule has 2 aromatic heterocycles. The van der Waals surface area contributed by atoms with Gasteiger partial charge in [0.15, 0.2) is 0 Å². The normalized spacial score (nSPS) is 14.1. The van der Waals surface area contributed by atoms with Crippen LogP contribution in [-0.4, -0.2) is 17.6 Å². The van der Waals surface area contributed by atoms with Gasteiger partial charge in [-0.15, -0.1) is 11.3 Å². The average Bonchev–Trinajstić information content (AvgIpc) is 3.05. The fourth-order valence-electron chi connectivity index (χ4n) is 1.60. The van der Waals surface area contributed by atoms with E-state index in [1.807, 2.05) is 41.3 Å². The van der Waals surface area contributed by atoms with Gasteiger partial charge in [0.25, 0.3) is 0 Å². The van der Waals surface area contributed by atoms with Crippen LogP contribution >= 0.6 is 22.7 Å². The van der Waals surface area contributed by atoms with Crippen molar-refractivity contribution >= 4 is 28.6 Å². The molecule has 18 heavy (non-hydrogen) atoms. The predicted molar refractivity (Wildman–Crippen MR) is 75.0 cm³/mol. The third-order valence-corrected chi connectivity index (χ3v) is 4.52. The van der Waals surface area contributed by atoms with Crippen molar-refractivity contribution in [1.82, 2.24) is 5.32 Å². The lowest BCUT2D eigenvalue weighted by atomic mass is 10.1. The summed E-state index contributed by atoms with van der Waals surface area (Å²) in [5.74, 6) is -0.216. The number of hydrogen-bond donors (Lipinski definition) is 2. The van der Waals surface area contributed by atoms with Crippen molar-refractivity contribution in [3.05, 3.63) is 44.8 Å². The molecule has 0 saturated carbocycles. The molecule has 2 unspecified atom stereocenters. The van der Waals surface area contributed by atoms with E-state index in [-0.39, 0.29) is 18.4 Å². The van der Waals surface area contributed by atoms with Gasteiger partial charge >= 0.3 is 0 Å². The molecule has 5 heteroatoms. The van der Waals surface area contributed by atoms with Crippen LogP contribution in [0.25, 0.3) is 0 Å². The van der Waals surface area contributed by atoms with Crippen molar-refractivity contribution in [3.63, 3.8) is 0 Å². The lowest BCUT2D eigenvalue weighted by molar-refractivity contribution is -0.122. The van der Waals surface area contributed by atoms with Gasteiger partial charge in [-0.3, -0.25) is 4.79 Å². The molecule has 0 bridgehead atoms. The molecular weight excluding hydrogens is 266 g/mol. The Balaban J connectivity index is 1.85. The molecule has 0 aliphatic rings. The number of nitrogens with one attached hydrogen (secondary N) is 1. The van der Waals surface area contributed by atoms with Crippen molar-refractivity contribution in [1.29, 1.82) is 0 Å². The molecule has 0 aliphatic heterocycles. The maximum atomic E-state index is 11.9. The van der Waals surface area contributed by atoms with Gasteiger partial charge in [-0.2, -0.15) is 11.3 Å². The van der Waals surface area contributed by atoms with E-state index < -0.39 is 6.10 Å². The number of carbonyl (C=O) groups is 1. The number of aliphatic hydroxyl groups excluding tert-OH is 1. The second kappa shape index (κ2) is 6.13. The molecule has 0 fully saturated rings. The van der Waals surface area contributed by atoms with E-state index >= 15 is 0 Å². The highest BCUT2D eigenvalue weighted by atomic mass is 32.1. The highest BCUT2D eigenvalue weighted by molar-refractivity contribution is 7.10. The molecule has 2 atom stereocenters. The molecular formula is C13H15NO2S2. The van der Waals surface area contributed by atoms with E-state index in [2.05, 4.69) is 5.32 Å². The molecule has 2 rings (SSSR count). The van der Waals surface area contributed by atoms with Crippen molar-refractivity contribution in [2.24, 2.45) is 0 Å². The first-order valence-electron chi connectivity index (χ1n) is 5.69. The van der Waals surface area contributed by atoms with Crippen LogP contribution in [0.1, 0.15) is 29.4 Å². The van der Waals surface area contributed by atoms with E-state index in [1.54, 1.807) is 11.3 Å². The Kier molecular flexibility index (Phi) is 4.52. The predicted octanol–water partition coefficient (Wildman–Crippen LogP) is 2.76. The van der Waals surface area contributed by atoms with E-state index in [1.165, 1.54) is 11.3 Å². The Bertz CT molecular complexity index is 479. The molecule has 2 heterocycles. The minimum atomic E-state index is -0.629. The highest BCUT2D eigenvalue weighted by Gasteiger charge is 2.17. The van der Waals surface area contributed by atoms with Gasteiger partial charge in [0.1, 0.15) is 0 Å². The summed E-state index contributed by atoms with van der Waals surface area (Å²) in [5.41, 5.74) is 0.851. The maximum absolute atomic E-state index is 11.9. The summed E-state index contributed by atoms with van der Waals surface area (Å²) in [6.07, 6.45) is -0.629. The zero-order valence-electron chi connectivity index (χ0n) is 10.00. The highest BCUT2D eigenvalue weighted by Crippen LogP contribution is 2.21. The van der Waals surface area contributed by atoms with Gasteiger partial charge in [-0.1, -0.05) is 6.07 Å². The van der Waals surface area contributed by atoms with Crippen molar-refractivity contribution in [2.45, 2.75) is 18.9 Å². The third kappa shape index (κ3) is 3.19. The van der Waals surface area contributed by atoms with Crippen LogP contribution < -0.4 is 5.32 Å². The maximum Gasteiger partial charge on any atom is 0.228 e. The molecule has 1 amide bonds. The van der Waals surface area contributed by atoms with E-state index in [9.17, 15) is 9.90 Å². The van der Waals surface area contributed by atoms with Crippen LogP contribution in [0.3, 0.4) is 0 Å². The number of aliphatic hydroxyl groups is 1. The average molecular weight is 281 g/mol. The SMILES string of the molecule is CC(C(=O)NCC(O)c1ccsc1)c1cccs1. The number of carbonyl (C=O) groups excluding carboxylic acids is 1. The Labute approximate surface area is 114 Å². The summed E-state index contributed by atoms with van der Waals surface area (Å²) in [6, 6.07) is 5.75. The summed E-state index contributed by atoms with van der Waals surface area (Å²) in [4.78, 5) is 12.9. The van der Waals surface area contributed by atoms with Gasteiger partial charge in [0, 0.05) is 11.4 Å². The second-order valence-corrected chi connectivity index (χ2v) is 5.81. The number of hydrogen-bond acceptors (Lipinski definition) is 4. The molecule has 0 aliphatic carbocycles. The number of rotatable bonds is 5. The van der Waals surface area contributed by atoms with Gasteiger partial charge in [-0.25, -0.2) is 0 Å². The summed E-state index contributed by atoms with van der Waals surface area (Å²) in [5, 5.41) is 18.4. The Morgan fingerprint density at radius 3 is 2.89 bits per heavy atom. The smallest absolute Gasteiger partial charge is 0.228 e. The van der Waals surface area contributed by atoms with Crippen LogP contribution in [0, 0.1) is 0 Å². The molecule has 3 nitrogen and oxygen atoms in total. The Morgan fingerprint density at radius 1 is 1.44 bits per heavy atom. The molecule has 0 saturated heterocycles. The van der Waals surface area contributed by atoms with Crippen molar-refractivity contribution in [3.8, 4) is 0 Å². The lowest BCUT2D eigenvalue weighted by Crippen LogP contribution is -2.31. The monoisotopic (exact) mass is 281 g/mol. The molecule has 0 aromatic carbocycles. The molecule has 0 spiro atoms. The van der Waals surface area contributed by atoms with Crippen LogP contribution in [0.5, 0.6) is 0 Å². The molecule has 2 N–H and O–H groups in total. The second-order valence-electron chi connectivity index (χ2n) is 4.05. The van der Waals surface area contributed by atoms with Crippen molar-refractivity contribution in [2.75, 3.05) is 6.54 Å². The van der Waals surface area contributed by atoms with Crippen LogP contribution in [-0.2, 0) is 4.79 Å². The fourth-order valence-corrected chi connectivity index (χ4v) is 3.09. The Morgan fingerprint density at radius 2 is 2.28 bits per heavy atom. The third-order valence-electron chi connectivity index (χ3n) is 2.76. The van der Waals surface area contributed by atoms with Crippen molar-refractivity contribution < 1.29 is 9.90 Å². The molecule has 0 radical (unpaired) electrons. The zero-order valence-corrected chi connectivity index (χ0v) is 11.6. The van der Waals surface area contributed by atoms with Gasteiger partial charge in [0.05, 0.1) is 12.0 Å². The van der Waals surface area contributed by atoms with E-state index in [4.69, 9.17) is 0 Å².